The standard InChI is InChI=1S/C19H20BrN3O2/c1-12-15(7-4-8-16(12)23-19(25)13-9-10-13)22-18(24)11-21-17-6-3-2-5-14(17)20/h2-8,13,21H,9-11H2,1H3,(H,22,24)(H,23,25). The summed E-state index contributed by atoms with van der Waals surface area (Å²) in [5.41, 5.74) is 3.16. The highest BCUT2D eigenvalue weighted by molar-refractivity contribution is 9.10. The Bertz CT molecular complexity index is 803. The quantitative estimate of drug-likeness (QED) is 0.680. The van der Waals surface area contributed by atoms with Crippen molar-refractivity contribution >= 4 is 44.8 Å². The van der Waals surface area contributed by atoms with Crippen molar-refractivity contribution in [2.24, 2.45) is 5.92 Å². The van der Waals surface area contributed by atoms with Gasteiger partial charge in [-0.1, -0.05) is 18.2 Å². The summed E-state index contributed by atoms with van der Waals surface area (Å²) in [6.07, 6.45) is 1.92. The van der Waals surface area contributed by atoms with Crippen molar-refractivity contribution in [1.29, 1.82) is 0 Å². The van der Waals surface area contributed by atoms with Crippen LogP contribution in [0.15, 0.2) is 46.9 Å². The number of carbonyl (C=O) groups is 2. The highest BCUT2D eigenvalue weighted by atomic mass is 79.9. The predicted molar refractivity (Wildman–Crippen MR) is 104 cm³/mol. The lowest BCUT2D eigenvalue weighted by Gasteiger charge is -2.14. The predicted octanol–water partition coefficient (Wildman–Crippen LogP) is 4.16. The van der Waals surface area contributed by atoms with Crippen molar-refractivity contribution in [1.82, 2.24) is 0 Å². The number of rotatable bonds is 6. The molecule has 130 valence electrons. The summed E-state index contributed by atoms with van der Waals surface area (Å²) in [6.45, 7) is 2.04. The Labute approximate surface area is 155 Å². The molecule has 1 aliphatic carbocycles. The van der Waals surface area contributed by atoms with Gasteiger partial charge >= 0.3 is 0 Å². The lowest BCUT2D eigenvalue weighted by molar-refractivity contribution is -0.117. The van der Waals surface area contributed by atoms with Crippen LogP contribution in [0, 0.1) is 12.8 Å². The van der Waals surface area contributed by atoms with Gasteiger partial charge in [0.05, 0.1) is 6.54 Å². The molecule has 2 aromatic carbocycles. The summed E-state index contributed by atoms with van der Waals surface area (Å²) in [5, 5.41) is 8.92. The molecule has 2 amide bonds. The molecule has 0 aromatic heterocycles. The summed E-state index contributed by atoms with van der Waals surface area (Å²) >= 11 is 3.44. The van der Waals surface area contributed by atoms with Crippen molar-refractivity contribution < 1.29 is 9.59 Å². The zero-order chi connectivity index (χ0) is 17.8. The van der Waals surface area contributed by atoms with Crippen LogP contribution in [0.1, 0.15) is 18.4 Å². The fourth-order valence-corrected chi connectivity index (χ4v) is 2.89. The first-order chi connectivity index (χ1) is 12.0. The van der Waals surface area contributed by atoms with Gasteiger partial charge in [0.2, 0.25) is 11.8 Å². The Kier molecular flexibility index (Phi) is 5.38. The van der Waals surface area contributed by atoms with Gasteiger partial charge in [-0.2, -0.15) is 0 Å². The number of halogens is 1. The van der Waals surface area contributed by atoms with E-state index in [0.29, 0.717) is 5.69 Å². The number of para-hydroxylation sites is 1. The number of benzene rings is 2. The smallest absolute Gasteiger partial charge is 0.243 e. The lowest BCUT2D eigenvalue weighted by atomic mass is 10.1. The van der Waals surface area contributed by atoms with Crippen molar-refractivity contribution in [3.63, 3.8) is 0 Å². The summed E-state index contributed by atoms with van der Waals surface area (Å²) in [4.78, 5) is 24.2. The van der Waals surface area contributed by atoms with E-state index in [1.807, 2.05) is 49.4 Å². The average Bonchev–Trinajstić information content (AvgIpc) is 3.43. The van der Waals surface area contributed by atoms with E-state index in [9.17, 15) is 9.59 Å². The van der Waals surface area contributed by atoms with Crippen molar-refractivity contribution in [2.75, 3.05) is 22.5 Å². The second-order valence-electron chi connectivity index (χ2n) is 6.12. The van der Waals surface area contributed by atoms with Crippen LogP contribution >= 0.6 is 15.9 Å². The molecule has 25 heavy (non-hydrogen) atoms. The van der Waals surface area contributed by atoms with Gasteiger partial charge in [0, 0.05) is 27.5 Å². The van der Waals surface area contributed by atoms with Crippen LogP contribution in [-0.4, -0.2) is 18.4 Å². The molecule has 0 radical (unpaired) electrons. The third kappa shape index (κ3) is 4.60. The van der Waals surface area contributed by atoms with Crippen LogP contribution in [0.25, 0.3) is 0 Å². The number of amides is 2. The summed E-state index contributed by atoms with van der Waals surface area (Å²) in [6, 6.07) is 13.1. The highest BCUT2D eigenvalue weighted by Crippen LogP contribution is 2.31. The Balaban J connectivity index is 1.61. The van der Waals surface area contributed by atoms with Crippen LogP contribution in [0.3, 0.4) is 0 Å². The lowest BCUT2D eigenvalue weighted by Crippen LogP contribution is -2.22. The molecule has 0 heterocycles. The van der Waals surface area contributed by atoms with E-state index < -0.39 is 0 Å². The van der Waals surface area contributed by atoms with Crippen LogP contribution in [-0.2, 0) is 9.59 Å². The average molecular weight is 402 g/mol. The molecular weight excluding hydrogens is 382 g/mol. The molecule has 5 nitrogen and oxygen atoms in total. The SMILES string of the molecule is Cc1c(NC(=O)CNc2ccccc2Br)cccc1NC(=O)C1CC1. The largest absolute Gasteiger partial charge is 0.375 e. The molecule has 0 bridgehead atoms. The summed E-state index contributed by atoms with van der Waals surface area (Å²) in [5.74, 6) is 0.0536. The van der Waals surface area contributed by atoms with E-state index in [1.54, 1.807) is 0 Å². The van der Waals surface area contributed by atoms with Gasteiger partial charge in [0.1, 0.15) is 0 Å². The monoisotopic (exact) mass is 401 g/mol. The summed E-state index contributed by atoms with van der Waals surface area (Å²) < 4.78 is 0.906. The summed E-state index contributed by atoms with van der Waals surface area (Å²) in [7, 11) is 0. The Morgan fingerprint density at radius 2 is 1.64 bits per heavy atom. The van der Waals surface area contributed by atoms with Gasteiger partial charge in [-0.05, 0) is 65.5 Å². The van der Waals surface area contributed by atoms with E-state index in [-0.39, 0.29) is 24.3 Å². The van der Waals surface area contributed by atoms with Crippen molar-refractivity contribution in [3.05, 3.63) is 52.5 Å². The molecule has 0 aliphatic heterocycles. The minimum absolute atomic E-state index is 0.0576. The molecule has 1 saturated carbocycles. The maximum Gasteiger partial charge on any atom is 0.243 e. The molecule has 0 saturated heterocycles. The molecule has 0 spiro atoms. The molecule has 3 N–H and O–H groups in total. The Morgan fingerprint density at radius 3 is 2.32 bits per heavy atom. The van der Waals surface area contributed by atoms with Gasteiger partial charge < -0.3 is 16.0 Å². The zero-order valence-electron chi connectivity index (χ0n) is 13.9. The number of hydrogen-bond donors (Lipinski definition) is 3. The van der Waals surface area contributed by atoms with Crippen LogP contribution in [0.4, 0.5) is 17.1 Å². The number of anilines is 3. The van der Waals surface area contributed by atoms with E-state index in [4.69, 9.17) is 0 Å². The fraction of sp³-hybridized carbons (Fsp3) is 0.263. The zero-order valence-corrected chi connectivity index (χ0v) is 15.5. The van der Waals surface area contributed by atoms with E-state index in [2.05, 4.69) is 31.9 Å². The highest BCUT2D eigenvalue weighted by Gasteiger charge is 2.29. The maximum atomic E-state index is 12.2. The van der Waals surface area contributed by atoms with Crippen molar-refractivity contribution in [2.45, 2.75) is 19.8 Å². The Morgan fingerprint density at radius 1 is 1.00 bits per heavy atom. The first-order valence-electron chi connectivity index (χ1n) is 8.23. The Hall–Kier alpha value is -2.34. The van der Waals surface area contributed by atoms with Gasteiger partial charge in [-0.3, -0.25) is 9.59 Å². The molecule has 3 rings (SSSR count). The van der Waals surface area contributed by atoms with E-state index in [1.165, 1.54) is 0 Å². The van der Waals surface area contributed by atoms with Gasteiger partial charge in [0.25, 0.3) is 0 Å². The maximum absolute atomic E-state index is 12.2. The number of carbonyl (C=O) groups excluding carboxylic acids is 2. The van der Waals surface area contributed by atoms with Gasteiger partial charge in [-0.25, -0.2) is 0 Å². The molecule has 2 aromatic rings. The molecule has 0 atom stereocenters. The second kappa shape index (κ2) is 7.70. The third-order valence-electron chi connectivity index (χ3n) is 4.13. The van der Waals surface area contributed by atoms with Gasteiger partial charge in [-0.15, -0.1) is 0 Å². The second-order valence-corrected chi connectivity index (χ2v) is 6.98. The molecule has 6 heteroatoms. The molecule has 0 unspecified atom stereocenters. The van der Waals surface area contributed by atoms with Gasteiger partial charge in [0.15, 0.2) is 0 Å². The van der Waals surface area contributed by atoms with Crippen molar-refractivity contribution in [3.8, 4) is 0 Å². The number of nitrogens with one attached hydrogen (secondary N) is 3. The normalized spacial score (nSPS) is 13.2. The number of hydrogen-bond acceptors (Lipinski definition) is 3. The van der Waals surface area contributed by atoms with E-state index in [0.717, 1.165) is 34.3 Å². The fourth-order valence-electron chi connectivity index (χ4n) is 2.46. The first-order valence-corrected chi connectivity index (χ1v) is 9.02. The minimum Gasteiger partial charge on any atom is -0.375 e. The third-order valence-corrected chi connectivity index (χ3v) is 4.82. The minimum atomic E-state index is -0.149. The van der Waals surface area contributed by atoms with E-state index >= 15 is 0 Å². The van der Waals surface area contributed by atoms with Crippen LogP contribution < -0.4 is 16.0 Å². The van der Waals surface area contributed by atoms with Crippen LogP contribution in [0.2, 0.25) is 0 Å². The first kappa shape index (κ1) is 17.5. The molecular formula is C19H20BrN3O2. The molecule has 1 fully saturated rings. The molecule has 1 aliphatic rings. The topological polar surface area (TPSA) is 70.2 Å². The van der Waals surface area contributed by atoms with Crippen LogP contribution in [0.5, 0.6) is 0 Å².